The van der Waals surface area contributed by atoms with Gasteiger partial charge in [-0.05, 0) is 57.0 Å². The van der Waals surface area contributed by atoms with Crippen LogP contribution in [0.2, 0.25) is 10.0 Å². The predicted molar refractivity (Wildman–Crippen MR) is 167 cm³/mol. The van der Waals surface area contributed by atoms with Crippen molar-refractivity contribution in [2.24, 2.45) is 0 Å². The van der Waals surface area contributed by atoms with E-state index in [1.807, 2.05) is 51.1 Å². The van der Waals surface area contributed by atoms with E-state index in [1.54, 1.807) is 48.5 Å². The summed E-state index contributed by atoms with van der Waals surface area (Å²) in [7, 11) is -3.58. The smallest absolute Gasteiger partial charge is 0.243 e. The first-order valence-electron chi connectivity index (χ1n) is 13.4. The fraction of sp³-hybridized carbons (Fsp3) is 0.355. The van der Waals surface area contributed by atoms with Gasteiger partial charge in [0.05, 0.1) is 11.9 Å². The third-order valence-corrected chi connectivity index (χ3v) is 8.26. The van der Waals surface area contributed by atoms with Crippen LogP contribution in [-0.2, 0) is 32.6 Å². The summed E-state index contributed by atoms with van der Waals surface area (Å²) < 4.78 is 26.4. The van der Waals surface area contributed by atoms with Crippen LogP contribution in [0.3, 0.4) is 0 Å². The Morgan fingerprint density at radius 2 is 1.44 bits per heavy atom. The van der Waals surface area contributed by atoms with Crippen molar-refractivity contribution in [2.45, 2.75) is 58.2 Å². The summed E-state index contributed by atoms with van der Waals surface area (Å²) in [5, 5.41) is 3.79. The van der Waals surface area contributed by atoms with Gasteiger partial charge < -0.3 is 10.2 Å². The van der Waals surface area contributed by atoms with Crippen LogP contribution < -0.4 is 9.62 Å². The molecule has 0 radical (unpaired) electrons. The molecule has 10 heteroatoms. The first-order chi connectivity index (χ1) is 19.3. The van der Waals surface area contributed by atoms with E-state index in [4.69, 9.17) is 23.2 Å². The predicted octanol–water partition coefficient (Wildman–Crippen LogP) is 6.09. The summed E-state index contributed by atoms with van der Waals surface area (Å²) in [5.41, 5.74) is 1.41. The van der Waals surface area contributed by atoms with Crippen LogP contribution in [0.25, 0.3) is 0 Å². The molecule has 1 unspecified atom stereocenters. The summed E-state index contributed by atoms with van der Waals surface area (Å²) in [6.07, 6.45) is 1.66. The summed E-state index contributed by atoms with van der Waals surface area (Å²) in [6, 6.07) is 22.5. The number of hydrogen-bond donors (Lipinski definition) is 1. The Balaban J connectivity index is 1.94. The Morgan fingerprint density at radius 3 is 1.98 bits per heavy atom. The molecule has 41 heavy (non-hydrogen) atoms. The van der Waals surface area contributed by atoms with Gasteiger partial charge in [0.25, 0.3) is 0 Å². The number of carbonyl (C=O) groups excluding carboxylic acids is 2. The second-order valence-corrected chi connectivity index (χ2v) is 13.7. The lowest BCUT2D eigenvalue weighted by atomic mass is 10.00. The van der Waals surface area contributed by atoms with E-state index in [2.05, 4.69) is 5.32 Å². The van der Waals surface area contributed by atoms with Crippen LogP contribution >= 0.6 is 23.2 Å². The van der Waals surface area contributed by atoms with Gasteiger partial charge in [0.15, 0.2) is 0 Å². The molecule has 0 fully saturated rings. The highest BCUT2D eigenvalue weighted by Crippen LogP contribution is 2.28. The van der Waals surface area contributed by atoms with Crippen molar-refractivity contribution < 1.29 is 18.0 Å². The Morgan fingerprint density at radius 1 is 0.878 bits per heavy atom. The Labute approximate surface area is 253 Å². The molecule has 220 valence electrons. The minimum atomic E-state index is -3.58. The summed E-state index contributed by atoms with van der Waals surface area (Å²) in [6.45, 7) is 5.76. The van der Waals surface area contributed by atoms with Crippen molar-refractivity contribution in [2.75, 3.05) is 17.1 Å². The fourth-order valence-corrected chi connectivity index (χ4v) is 5.94. The van der Waals surface area contributed by atoms with E-state index in [1.165, 1.54) is 9.21 Å². The molecule has 0 spiro atoms. The normalized spacial score (nSPS) is 12.4. The van der Waals surface area contributed by atoms with Gasteiger partial charge in [0, 0.05) is 47.1 Å². The standard InChI is InChI=1S/C31H37Cl2N3O4S/c1-31(2,3)34-30(38)28(21-23-13-7-5-8-14-23)35(22-25-26(32)17-11-18-27(25)33)29(37)19-12-20-36(41(4,39)40)24-15-9-6-10-16-24/h5-11,13-18,28H,12,19-22H2,1-4H3,(H,34,38). The van der Waals surface area contributed by atoms with E-state index in [0.717, 1.165) is 11.8 Å². The lowest BCUT2D eigenvalue weighted by molar-refractivity contribution is -0.142. The zero-order valence-corrected chi connectivity index (χ0v) is 26.1. The molecule has 0 heterocycles. The van der Waals surface area contributed by atoms with Gasteiger partial charge in [0.2, 0.25) is 21.8 Å². The fourth-order valence-electron chi connectivity index (χ4n) is 4.46. The first kappa shape index (κ1) is 32.4. The first-order valence-corrected chi connectivity index (χ1v) is 16.0. The van der Waals surface area contributed by atoms with Gasteiger partial charge >= 0.3 is 0 Å². The number of nitrogens with zero attached hydrogens (tertiary/aromatic N) is 2. The number of hydrogen-bond acceptors (Lipinski definition) is 4. The molecule has 0 aromatic heterocycles. The van der Waals surface area contributed by atoms with E-state index in [-0.39, 0.29) is 44.2 Å². The van der Waals surface area contributed by atoms with Gasteiger partial charge in [0.1, 0.15) is 6.04 Å². The Kier molecular flexibility index (Phi) is 11.2. The molecule has 7 nitrogen and oxygen atoms in total. The second kappa shape index (κ2) is 14.2. The molecule has 0 saturated heterocycles. The monoisotopic (exact) mass is 617 g/mol. The number of rotatable bonds is 12. The van der Waals surface area contributed by atoms with Crippen molar-refractivity contribution >= 4 is 50.7 Å². The zero-order valence-electron chi connectivity index (χ0n) is 23.8. The average Bonchev–Trinajstić information content (AvgIpc) is 2.89. The van der Waals surface area contributed by atoms with E-state index in [0.29, 0.717) is 21.3 Å². The van der Waals surface area contributed by atoms with Gasteiger partial charge in [-0.2, -0.15) is 0 Å². The SMILES string of the molecule is CC(C)(C)NC(=O)C(Cc1ccccc1)N(Cc1c(Cl)cccc1Cl)C(=O)CCCN(c1ccccc1)S(C)(=O)=O. The number of amides is 2. The number of sulfonamides is 1. The van der Waals surface area contributed by atoms with Gasteiger partial charge in [-0.3, -0.25) is 13.9 Å². The summed E-state index contributed by atoms with van der Waals surface area (Å²) in [5.74, 6) is -0.618. The minimum absolute atomic E-state index is 0.00894. The molecule has 0 bridgehead atoms. The summed E-state index contributed by atoms with van der Waals surface area (Å²) >= 11 is 13.0. The van der Waals surface area contributed by atoms with Crippen molar-refractivity contribution in [1.29, 1.82) is 0 Å². The number of anilines is 1. The molecule has 0 aliphatic heterocycles. The second-order valence-electron chi connectivity index (χ2n) is 10.9. The van der Waals surface area contributed by atoms with Crippen molar-refractivity contribution in [3.05, 3.63) is 100 Å². The molecule has 3 aromatic carbocycles. The zero-order chi connectivity index (χ0) is 30.2. The average molecular weight is 619 g/mol. The van der Waals surface area contributed by atoms with E-state index >= 15 is 0 Å². The Bertz CT molecular complexity index is 1410. The van der Waals surface area contributed by atoms with Gasteiger partial charge in [-0.1, -0.05) is 77.8 Å². The van der Waals surface area contributed by atoms with Crippen LogP contribution in [0, 0.1) is 0 Å². The lowest BCUT2D eigenvalue weighted by Crippen LogP contribution is -2.54. The maximum absolute atomic E-state index is 13.9. The van der Waals surface area contributed by atoms with Crippen molar-refractivity contribution in [3.63, 3.8) is 0 Å². The number of benzene rings is 3. The van der Waals surface area contributed by atoms with Crippen LogP contribution in [0.5, 0.6) is 0 Å². The summed E-state index contributed by atoms with van der Waals surface area (Å²) in [4.78, 5) is 29.1. The number of halogens is 2. The lowest BCUT2D eigenvalue weighted by Gasteiger charge is -2.34. The van der Waals surface area contributed by atoms with Gasteiger partial charge in [-0.15, -0.1) is 0 Å². The van der Waals surface area contributed by atoms with Crippen LogP contribution in [-0.4, -0.2) is 49.5 Å². The van der Waals surface area contributed by atoms with E-state index in [9.17, 15) is 18.0 Å². The maximum atomic E-state index is 13.9. The van der Waals surface area contributed by atoms with Gasteiger partial charge in [-0.25, -0.2) is 8.42 Å². The number of para-hydroxylation sites is 1. The van der Waals surface area contributed by atoms with Crippen LogP contribution in [0.15, 0.2) is 78.9 Å². The van der Waals surface area contributed by atoms with Crippen LogP contribution in [0.4, 0.5) is 5.69 Å². The molecule has 3 rings (SSSR count). The van der Waals surface area contributed by atoms with Crippen molar-refractivity contribution in [3.8, 4) is 0 Å². The third kappa shape index (κ3) is 9.76. The molecule has 2 amide bonds. The highest BCUT2D eigenvalue weighted by atomic mass is 35.5. The highest BCUT2D eigenvalue weighted by molar-refractivity contribution is 7.92. The Hall–Kier alpha value is -3.07. The molecular weight excluding hydrogens is 581 g/mol. The number of carbonyl (C=O) groups is 2. The quantitative estimate of drug-likeness (QED) is 0.266. The largest absolute Gasteiger partial charge is 0.350 e. The topological polar surface area (TPSA) is 86.8 Å². The number of nitrogens with one attached hydrogen (secondary N) is 1. The van der Waals surface area contributed by atoms with Crippen LogP contribution in [0.1, 0.15) is 44.7 Å². The maximum Gasteiger partial charge on any atom is 0.243 e. The molecule has 0 aliphatic carbocycles. The minimum Gasteiger partial charge on any atom is -0.350 e. The van der Waals surface area contributed by atoms with E-state index < -0.39 is 21.6 Å². The molecule has 0 saturated carbocycles. The third-order valence-electron chi connectivity index (χ3n) is 6.36. The molecular formula is C31H37Cl2N3O4S. The molecule has 3 aromatic rings. The molecule has 0 aliphatic rings. The highest BCUT2D eigenvalue weighted by Gasteiger charge is 2.33. The van der Waals surface area contributed by atoms with Crippen molar-refractivity contribution in [1.82, 2.24) is 10.2 Å². The molecule has 1 N–H and O–H groups in total. The molecule has 1 atom stereocenters.